The van der Waals surface area contributed by atoms with Crippen molar-refractivity contribution in [2.45, 2.75) is 38.0 Å². The Balaban J connectivity index is 1.93. The number of fused-ring (bicyclic) bond motifs is 1. The molecule has 0 radical (unpaired) electrons. The summed E-state index contributed by atoms with van der Waals surface area (Å²) in [5.41, 5.74) is 1.10. The van der Waals surface area contributed by atoms with E-state index in [1.807, 2.05) is 16.8 Å². The standard InChI is InChI=1S/C18H24N2OS/c1-2-3-12-21-17-11-10-16(14-7-4-5-8-15(14)17)20(19)18-9-6-13-22-18/h4-5,7-8,10-11,18H,2-3,6,9,12-13,19H2,1H3. The van der Waals surface area contributed by atoms with E-state index in [9.17, 15) is 0 Å². The highest BCUT2D eigenvalue weighted by atomic mass is 32.2. The van der Waals surface area contributed by atoms with Gasteiger partial charge in [-0.3, -0.25) is 5.01 Å². The summed E-state index contributed by atoms with van der Waals surface area (Å²) >= 11 is 1.94. The first-order chi connectivity index (χ1) is 10.8. The SMILES string of the molecule is CCCCOc1ccc(N(N)C2CCCS2)c2ccccc12. The van der Waals surface area contributed by atoms with Gasteiger partial charge in [0.2, 0.25) is 0 Å². The highest BCUT2D eigenvalue weighted by molar-refractivity contribution is 8.00. The number of thioether (sulfide) groups is 1. The van der Waals surface area contributed by atoms with Crippen LogP contribution in [0.1, 0.15) is 32.6 Å². The number of nitrogens with zero attached hydrogens (tertiary/aromatic N) is 1. The Hall–Kier alpha value is -1.39. The number of hydrogen-bond acceptors (Lipinski definition) is 4. The van der Waals surface area contributed by atoms with Gasteiger partial charge in [-0.1, -0.05) is 37.6 Å². The Morgan fingerprint density at radius 1 is 1.23 bits per heavy atom. The summed E-state index contributed by atoms with van der Waals surface area (Å²) < 4.78 is 5.96. The van der Waals surface area contributed by atoms with Crippen molar-refractivity contribution in [1.82, 2.24) is 0 Å². The number of hydrogen-bond donors (Lipinski definition) is 1. The molecule has 2 N–H and O–H groups in total. The summed E-state index contributed by atoms with van der Waals surface area (Å²) in [6, 6.07) is 12.5. The molecule has 2 aromatic rings. The number of nitrogens with two attached hydrogens (primary N) is 1. The lowest BCUT2D eigenvalue weighted by molar-refractivity contribution is 0.313. The first kappa shape index (κ1) is 15.5. The topological polar surface area (TPSA) is 38.5 Å². The van der Waals surface area contributed by atoms with E-state index < -0.39 is 0 Å². The quantitative estimate of drug-likeness (QED) is 0.482. The largest absolute Gasteiger partial charge is 0.493 e. The first-order valence-corrected chi connectivity index (χ1v) is 9.16. The molecule has 1 aliphatic rings. The van der Waals surface area contributed by atoms with Crippen molar-refractivity contribution in [3.8, 4) is 5.75 Å². The van der Waals surface area contributed by atoms with Crippen LogP contribution in [0.3, 0.4) is 0 Å². The minimum atomic E-state index is 0.385. The average molecular weight is 316 g/mol. The van der Waals surface area contributed by atoms with E-state index in [0.717, 1.165) is 42.7 Å². The van der Waals surface area contributed by atoms with Crippen LogP contribution in [0.15, 0.2) is 36.4 Å². The molecule has 0 bridgehead atoms. The second-order valence-corrected chi connectivity index (χ2v) is 6.99. The Morgan fingerprint density at radius 2 is 2.05 bits per heavy atom. The van der Waals surface area contributed by atoms with E-state index in [1.165, 1.54) is 17.6 Å². The van der Waals surface area contributed by atoms with Crippen LogP contribution in [0.2, 0.25) is 0 Å². The summed E-state index contributed by atoms with van der Waals surface area (Å²) in [7, 11) is 0. The molecule has 0 aromatic heterocycles. The zero-order chi connectivity index (χ0) is 15.4. The van der Waals surface area contributed by atoms with Gasteiger partial charge >= 0.3 is 0 Å². The summed E-state index contributed by atoms with van der Waals surface area (Å²) in [6.07, 6.45) is 4.63. The van der Waals surface area contributed by atoms with E-state index in [4.69, 9.17) is 10.6 Å². The van der Waals surface area contributed by atoms with Crippen LogP contribution in [-0.2, 0) is 0 Å². The molecule has 0 amide bonds. The number of unbranched alkanes of at least 4 members (excludes halogenated alkanes) is 1. The van der Waals surface area contributed by atoms with E-state index in [2.05, 4.69) is 43.3 Å². The number of benzene rings is 2. The predicted octanol–water partition coefficient (Wildman–Crippen LogP) is 4.55. The van der Waals surface area contributed by atoms with Crippen LogP contribution in [0, 0.1) is 0 Å². The maximum absolute atomic E-state index is 6.41. The molecule has 1 saturated heterocycles. The Bertz CT molecular complexity index is 626. The van der Waals surface area contributed by atoms with Gasteiger partial charge in [0.05, 0.1) is 17.7 Å². The maximum atomic E-state index is 6.41. The van der Waals surface area contributed by atoms with Gasteiger partial charge in [-0.25, -0.2) is 5.84 Å². The van der Waals surface area contributed by atoms with Gasteiger partial charge in [-0.15, -0.1) is 11.8 Å². The molecule has 0 saturated carbocycles. The van der Waals surface area contributed by atoms with Crippen molar-refractivity contribution < 1.29 is 4.74 Å². The number of ether oxygens (including phenoxy) is 1. The fraction of sp³-hybridized carbons (Fsp3) is 0.444. The summed E-state index contributed by atoms with van der Waals surface area (Å²) in [4.78, 5) is 0. The van der Waals surface area contributed by atoms with Crippen molar-refractivity contribution in [2.75, 3.05) is 17.4 Å². The van der Waals surface area contributed by atoms with E-state index in [1.54, 1.807) is 0 Å². The maximum Gasteiger partial charge on any atom is 0.127 e. The van der Waals surface area contributed by atoms with Crippen molar-refractivity contribution >= 4 is 28.2 Å². The fourth-order valence-electron chi connectivity index (χ4n) is 2.87. The Labute approximate surface area is 136 Å². The number of hydrazine groups is 1. The third kappa shape index (κ3) is 3.18. The third-order valence-electron chi connectivity index (χ3n) is 4.11. The van der Waals surface area contributed by atoms with Crippen molar-refractivity contribution in [3.05, 3.63) is 36.4 Å². The second-order valence-electron chi connectivity index (χ2n) is 5.71. The molecular weight excluding hydrogens is 292 g/mol. The lowest BCUT2D eigenvalue weighted by Crippen LogP contribution is -2.38. The molecular formula is C18H24N2OS. The van der Waals surface area contributed by atoms with Crippen molar-refractivity contribution in [2.24, 2.45) is 5.84 Å². The van der Waals surface area contributed by atoms with Crippen molar-refractivity contribution in [3.63, 3.8) is 0 Å². The molecule has 3 nitrogen and oxygen atoms in total. The van der Waals surface area contributed by atoms with Crippen LogP contribution in [0.4, 0.5) is 5.69 Å². The first-order valence-electron chi connectivity index (χ1n) is 8.11. The van der Waals surface area contributed by atoms with Gasteiger partial charge in [-0.2, -0.15) is 0 Å². The molecule has 1 aliphatic heterocycles. The Morgan fingerprint density at radius 3 is 2.77 bits per heavy atom. The van der Waals surface area contributed by atoms with Gasteiger partial charge in [-0.05, 0) is 37.1 Å². The van der Waals surface area contributed by atoms with Gasteiger partial charge < -0.3 is 4.74 Å². The number of anilines is 1. The molecule has 1 fully saturated rings. The van der Waals surface area contributed by atoms with E-state index in [0.29, 0.717) is 5.37 Å². The molecule has 1 atom stereocenters. The zero-order valence-electron chi connectivity index (χ0n) is 13.1. The van der Waals surface area contributed by atoms with Gasteiger partial charge in [0.1, 0.15) is 5.75 Å². The van der Waals surface area contributed by atoms with Gasteiger partial charge in [0.25, 0.3) is 0 Å². The van der Waals surface area contributed by atoms with Crippen LogP contribution in [0.5, 0.6) is 5.75 Å². The van der Waals surface area contributed by atoms with E-state index in [-0.39, 0.29) is 0 Å². The fourth-order valence-corrected chi connectivity index (χ4v) is 4.08. The molecule has 0 aliphatic carbocycles. The molecule has 118 valence electrons. The third-order valence-corrected chi connectivity index (χ3v) is 5.48. The lowest BCUT2D eigenvalue weighted by Gasteiger charge is -2.26. The minimum absolute atomic E-state index is 0.385. The van der Waals surface area contributed by atoms with Gasteiger partial charge in [0.15, 0.2) is 0 Å². The number of rotatable bonds is 6. The van der Waals surface area contributed by atoms with Crippen LogP contribution in [-0.4, -0.2) is 17.7 Å². The summed E-state index contributed by atoms with van der Waals surface area (Å²) in [5.74, 6) is 8.57. The molecule has 1 unspecified atom stereocenters. The predicted molar refractivity (Wildman–Crippen MR) is 96.5 cm³/mol. The zero-order valence-corrected chi connectivity index (χ0v) is 13.9. The molecule has 22 heavy (non-hydrogen) atoms. The lowest BCUT2D eigenvalue weighted by atomic mass is 10.1. The van der Waals surface area contributed by atoms with Crippen LogP contribution >= 0.6 is 11.8 Å². The monoisotopic (exact) mass is 316 g/mol. The molecule has 2 aromatic carbocycles. The average Bonchev–Trinajstić information content (AvgIpc) is 3.09. The van der Waals surface area contributed by atoms with Gasteiger partial charge in [0, 0.05) is 10.8 Å². The van der Waals surface area contributed by atoms with Crippen LogP contribution < -0.4 is 15.6 Å². The Kier molecular flexibility index (Phi) is 5.11. The molecule has 1 heterocycles. The summed E-state index contributed by atoms with van der Waals surface area (Å²) in [5, 5.41) is 4.65. The van der Waals surface area contributed by atoms with Crippen molar-refractivity contribution in [1.29, 1.82) is 0 Å². The van der Waals surface area contributed by atoms with Crippen LogP contribution in [0.25, 0.3) is 10.8 Å². The molecule has 3 rings (SSSR count). The highest BCUT2D eigenvalue weighted by Gasteiger charge is 2.23. The molecule has 0 spiro atoms. The second kappa shape index (κ2) is 7.25. The highest BCUT2D eigenvalue weighted by Crippen LogP contribution is 2.37. The van der Waals surface area contributed by atoms with E-state index >= 15 is 0 Å². The molecule has 4 heteroatoms. The normalized spacial score (nSPS) is 17.8. The minimum Gasteiger partial charge on any atom is -0.493 e. The smallest absolute Gasteiger partial charge is 0.127 e. The summed E-state index contributed by atoms with van der Waals surface area (Å²) in [6.45, 7) is 2.95.